The van der Waals surface area contributed by atoms with Crippen molar-refractivity contribution in [3.8, 4) is 11.5 Å². The molecule has 0 amide bonds. The predicted molar refractivity (Wildman–Crippen MR) is 84.4 cm³/mol. The summed E-state index contributed by atoms with van der Waals surface area (Å²) >= 11 is 0. The van der Waals surface area contributed by atoms with E-state index >= 15 is 0 Å². The number of likely N-dealkylation sites (tertiary alicyclic amines) is 1. The van der Waals surface area contributed by atoms with Gasteiger partial charge in [-0.1, -0.05) is 23.7 Å². The van der Waals surface area contributed by atoms with Crippen LogP contribution in [0.1, 0.15) is 30.7 Å². The molecule has 0 N–H and O–H groups in total. The second-order valence-electron chi connectivity index (χ2n) is 5.79. The molecule has 5 nitrogen and oxygen atoms in total. The number of hydrogen-bond donors (Lipinski definition) is 0. The van der Waals surface area contributed by atoms with Crippen molar-refractivity contribution < 1.29 is 9.26 Å². The standard InChI is InChI=1S/C17H23N3O2/c1-21-12-9-16-18-17(22-19-16)15-7-5-14(6-8-15)13-20-10-3-2-4-11-20/h5-8H,2-4,9-13H2,1H3. The molecule has 1 aromatic carbocycles. The summed E-state index contributed by atoms with van der Waals surface area (Å²) in [5.74, 6) is 1.27. The molecule has 0 unspecified atom stereocenters. The molecule has 1 saturated heterocycles. The van der Waals surface area contributed by atoms with Gasteiger partial charge in [-0.3, -0.25) is 4.90 Å². The number of ether oxygens (including phenoxy) is 1. The summed E-state index contributed by atoms with van der Waals surface area (Å²) in [5.41, 5.74) is 2.31. The SMILES string of the molecule is COCCc1noc(-c2ccc(CN3CCCCC3)cc2)n1. The molecule has 2 aromatic rings. The monoisotopic (exact) mass is 301 g/mol. The molecule has 1 aliphatic heterocycles. The Bertz CT molecular complexity index is 574. The zero-order valence-electron chi connectivity index (χ0n) is 13.1. The number of benzene rings is 1. The molecule has 22 heavy (non-hydrogen) atoms. The molecule has 0 spiro atoms. The van der Waals surface area contributed by atoms with Crippen molar-refractivity contribution in [3.05, 3.63) is 35.7 Å². The van der Waals surface area contributed by atoms with E-state index in [4.69, 9.17) is 9.26 Å². The van der Waals surface area contributed by atoms with Crippen LogP contribution in [-0.4, -0.2) is 41.8 Å². The number of rotatable bonds is 6. The van der Waals surface area contributed by atoms with Gasteiger partial charge in [-0.25, -0.2) is 0 Å². The van der Waals surface area contributed by atoms with E-state index in [1.54, 1.807) is 7.11 Å². The lowest BCUT2D eigenvalue weighted by atomic mass is 10.1. The summed E-state index contributed by atoms with van der Waals surface area (Å²) in [5, 5.41) is 3.97. The average Bonchev–Trinajstić information content (AvgIpc) is 3.03. The second-order valence-corrected chi connectivity index (χ2v) is 5.79. The van der Waals surface area contributed by atoms with Crippen molar-refractivity contribution in [1.82, 2.24) is 15.0 Å². The van der Waals surface area contributed by atoms with Crippen molar-refractivity contribution in [1.29, 1.82) is 0 Å². The summed E-state index contributed by atoms with van der Waals surface area (Å²) in [4.78, 5) is 6.92. The fraction of sp³-hybridized carbons (Fsp3) is 0.529. The van der Waals surface area contributed by atoms with E-state index in [0.29, 0.717) is 24.7 Å². The summed E-state index contributed by atoms with van der Waals surface area (Å²) in [6, 6.07) is 8.44. The van der Waals surface area contributed by atoms with Crippen LogP contribution in [0, 0.1) is 0 Å². The van der Waals surface area contributed by atoms with Crippen LogP contribution in [0.15, 0.2) is 28.8 Å². The minimum atomic E-state index is 0.579. The Hall–Kier alpha value is -1.72. The highest BCUT2D eigenvalue weighted by Gasteiger charge is 2.12. The summed E-state index contributed by atoms with van der Waals surface area (Å²) < 4.78 is 10.3. The Balaban J connectivity index is 1.61. The van der Waals surface area contributed by atoms with Crippen molar-refractivity contribution in [2.75, 3.05) is 26.8 Å². The molecule has 118 valence electrons. The van der Waals surface area contributed by atoms with Crippen LogP contribution in [0.4, 0.5) is 0 Å². The van der Waals surface area contributed by atoms with E-state index in [9.17, 15) is 0 Å². The summed E-state index contributed by atoms with van der Waals surface area (Å²) in [6.45, 7) is 4.07. The maximum absolute atomic E-state index is 5.31. The molecule has 3 rings (SSSR count). The molecular formula is C17H23N3O2. The van der Waals surface area contributed by atoms with Crippen LogP contribution in [0.2, 0.25) is 0 Å². The first kappa shape index (κ1) is 15.2. The minimum Gasteiger partial charge on any atom is -0.384 e. The molecule has 0 radical (unpaired) electrons. The Kier molecular flexibility index (Phi) is 5.19. The Morgan fingerprint density at radius 1 is 1.14 bits per heavy atom. The lowest BCUT2D eigenvalue weighted by Crippen LogP contribution is -2.28. The highest BCUT2D eigenvalue weighted by molar-refractivity contribution is 5.53. The largest absolute Gasteiger partial charge is 0.384 e. The molecule has 1 fully saturated rings. The topological polar surface area (TPSA) is 51.4 Å². The van der Waals surface area contributed by atoms with Crippen molar-refractivity contribution in [2.24, 2.45) is 0 Å². The van der Waals surface area contributed by atoms with E-state index < -0.39 is 0 Å². The Morgan fingerprint density at radius 3 is 2.64 bits per heavy atom. The Morgan fingerprint density at radius 2 is 1.91 bits per heavy atom. The van der Waals surface area contributed by atoms with E-state index in [1.165, 1.54) is 37.9 Å². The zero-order chi connectivity index (χ0) is 15.2. The van der Waals surface area contributed by atoms with Crippen LogP contribution < -0.4 is 0 Å². The van der Waals surface area contributed by atoms with Gasteiger partial charge in [-0.15, -0.1) is 0 Å². The number of nitrogens with zero attached hydrogens (tertiary/aromatic N) is 3. The van der Waals surface area contributed by atoms with Gasteiger partial charge in [0.05, 0.1) is 6.61 Å². The van der Waals surface area contributed by atoms with E-state index in [0.717, 1.165) is 12.1 Å². The minimum absolute atomic E-state index is 0.579. The molecule has 5 heteroatoms. The van der Waals surface area contributed by atoms with E-state index in [2.05, 4.69) is 39.3 Å². The Labute approximate surface area is 131 Å². The maximum atomic E-state index is 5.31. The average molecular weight is 301 g/mol. The summed E-state index contributed by atoms with van der Waals surface area (Å²) in [6.07, 6.45) is 4.69. The van der Waals surface area contributed by atoms with Gasteiger partial charge in [0.2, 0.25) is 0 Å². The second kappa shape index (κ2) is 7.51. The van der Waals surface area contributed by atoms with Gasteiger partial charge in [-0.2, -0.15) is 4.98 Å². The van der Waals surface area contributed by atoms with Crippen LogP contribution in [-0.2, 0) is 17.7 Å². The van der Waals surface area contributed by atoms with Crippen molar-refractivity contribution in [3.63, 3.8) is 0 Å². The van der Waals surface area contributed by atoms with Crippen LogP contribution in [0.5, 0.6) is 0 Å². The normalized spacial score (nSPS) is 16.0. The lowest BCUT2D eigenvalue weighted by molar-refractivity contribution is 0.199. The fourth-order valence-corrected chi connectivity index (χ4v) is 2.79. The number of methoxy groups -OCH3 is 1. The molecule has 0 atom stereocenters. The molecule has 2 heterocycles. The molecule has 1 aliphatic rings. The highest BCUT2D eigenvalue weighted by atomic mass is 16.5. The molecular weight excluding hydrogens is 278 g/mol. The third-order valence-corrected chi connectivity index (χ3v) is 4.05. The number of piperidine rings is 1. The van der Waals surface area contributed by atoms with Gasteiger partial charge in [0.25, 0.3) is 5.89 Å². The molecule has 0 bridgehead atoms. The zero-order valence-corrected chi connectivity index (χ0v) is 13.1. The third-order valence-electron chi connectivity index (χ3n) is 4.05. The molecule has 0 saturated carbocycles. The quantitative estimate of drug-likeness (QED) is 0.821. The first-order chi connectivity index (χ1) is 10.8. The van der Waals surface area contributed by atoms with Gasteiger partial charge in [0.15, 0.2) is 5.82 Å². The van der Waals surface area contributed by atoms with Crippen molar-refractivity contribution >= 4 is 0 Å². The van der Waals surface area contributed by atoms with Crippen molar-refractivity contribution in [2.45, 2.75) is 32.2 Å². The molecule has 1 aromatic heterocycles. The third kappa shape index (κ3) is 3.93. The number of hydrogen-bond acceptors (Lipinski definition) is 5. The van der Waals surface area contributed by atoms with Gasteiger partial charge in [-0.05, 0) is 43.6 Å². The van der Waals surface area contributed by atoms with Crippen LogP contribution in [0.25, 0.3) is 11.5 Å². The summed E-state index contributed by atoms with van der Waals surface area (Å²) in [7, 11) is 1.67. The predicted octanol–water partition coefficient (Wildman–Crippen LogP) is 2.91. The van der Waals surface area contributed by atoms with E-state index in [-0.39, 0.29) is 0 Å². The van der Waals surface area contributed by atoms with Gasteiger partial charge in [0, 0.05) is 25.6 Å². The molecule has 0 aliphatic carbocycles. The lowest BCUT2D eigenvalue weighted by Gasteiger charge is -2.26. The smallest absolute Gasteiger partial charge is 0.257 e. The van der Waals surface area contributed by atoms with Crippen LogP contribution >= 0.6 is 0 Å². The number of aromatic nitrogens is 2. The van der Waals surface area contributed by atoms with Gasteiger partial charge < -0.3 is 9.26 Å². The van der Waals surface area contributed by atoms with Gasteiger partial charge in [0.1, 0.15) is 0 Å². The fourth-order valence-electron chi connectivity index (χ4n) is 2.79. The van der Waals surface area contributed by atoms with Crippen LogP contribution in [0.3, 0.4) is 0 Å². The van der Waals surface area contributed by atoms with Gasteiger partial charge >= 0.3 is 0 Å². The maximum Gasteiger partial charge on any atom is 0.257 e. The highest BCUT2D eigenvalue weighted by Crippen LogP contribution is 2.19. The first-order valence-corrected chi connectivity index (χ1v) is 7.98. The van der Waals surface area contributed by atoms with E-state index in [1.807, 2.05) is 0 Å². The first-order valence-electron chi connectivity index (χ1n) is 7.98.